The summed E-state index contributed by atoms with van der Waals surface area (Å²) in [6.45, 7) is 21.3. The third kappa shape index (κ3) is 10.6. The summed E-state index contributed by atoms with van der Waals surface area (Å²) in [5, 5.41) is 55.3. The maximum absolute atomic E-state index is 13.3. The number of hydrogen-bond donors (Lipinski definition) is 5. The van der Waals surface area contributed by atoms with Crippen molar-refractivity contribution in [2.24, 2.45) is 88.7 Å². The number of ketones is 8. The molecule has 20 aliphatic carbocycles. The van der Waals surface area contributed by atoms with E-state index in [-0.39, 0.29) is 74.5 Å². The molecule has 5 unspecified atom stereocenters. The highest BCUT2D eigenvalue weighted by atomic mass is 16.5. The number of carboxylic acid groups (broad SMARTS) is 1. The Morgan fingerprint density at radius 1 is 0.347 bits per heavy atom. The summed E-state index contributed by atoms with van der Waals surface area (Å²) in [6, 6.07) is 0. The Morgan fingerprint density at radius 2 is 0.602 bits per heavy atom. The summed E-state index contributed by atoms with van der Waals surface area (Å²) in [4.78, 5) is 153. The fourth-order valence-corrected chi connectivity index (χ4v) is 29.1. The molecule has 20 rings (SSSR count). The first-order chi connectivity index (χ1) is 55.7. The highest BCUT2D eigenvalue weighted by Gasteiger charge is 2.72. The van der Waals surface area contributed by atoms with Crippen molar-refractivity contribution in [1.29, 1.82) is 0 Å². The summed E-state index contributed by atoms with van der Waals surface area (Å²) < 4.78 is 16.0. The van der Waals surface area contributed by atoms with Gasteiger partial charge in [-0.05, 0) is 255 Å². The van der Waals surface area contributed by atoms with Gasteiger partial charge in [0.15, 0.2) is 23.1 Å². The number of fused-ring (bicyclic) bond motifs is 12. The van der Waals surface area contributed by atoms with Crippen LogP contribution in [0.1, 0.15) is 255 Å². The highest BCUT2D eigenvalue weighted by molar-refractivity contribution is 6.02. The van der Waals surface area contributed by atoms with Gasteiger partial charge in [0, 0.05) is 73.0 Å². The van der Waals surface area contributed by atoms with Crippen LogP contribution in [0.15, 0.2) is 138 Å². The van der Waals surface area contributed by atoms with Gasteiger partial charge >= 0.3 is 23.9 Å². The summed E-state index contributed by atoms with van der Waals surface area (Å²) in [7, 11) is 1.33. The average Bonchev–Trinajstić information content (AvgIpc) is 1.43. The number of aliphatic carboxylic acids is 1. The molecule has 20 nitrogen and oxygen atoms in total. The topological polar surface area (TPSA) is 334 Å². The first kappa shape index (κ1) is 82.3. The van der Waals surface area contributed by atoms with Crippen molar-refractivity contribution < 1.29 is 97.3 Å². The van der Waals surface area contributed by atoms with E-state index in [1.807, 2.05) is 13.8 Å². The molecule has 0 aliphatic heterocycles. The van der Waals surface area contributed by atoms with Crippen molar-refractivity contribution in [2.75, 3.05) is 20.3 Å². The molecule has 0 bridgehead atoms. The van der Waals surface area contributed by atoms with Crippen molar-refractivity contribution >= 4 is 70.1 Å². The lowest BCUT2D eigenvalue weighted by atomic mass is 9.50. The van der Waals surface area contributed by atoms with Crippen LogP contribution in [-0.2, 0) is 71.7 Å². The molecule has 20 aliphatic rings. The highest BCUT2D eigenvalue weighted by Crippen LogP contribution is 2.76. The molecule has 20 heteroatoms. The van der Waals surface area contributed by atoms with Crippen LogP contribution in [0.25, 0.3) is 0 Å². The second-order valence-corrected chi connectivity index (χ2v) is 40.5. The van der Waals surface area contributed by atoms with E-state index >= 15 is 0 Å². The monoisotopic (exact) mass is 1610 g/mol. The summed E-state index contributed by atoms with van der Waals surface area (Å²) in [5.41, 5.74) is 9.38. The number of aliphatic hydroxyl groups is 4. The molecule has 0 aromatic rings. The average molecular weight is 1610 g/mol. The van der Waals surface area contributed by atoms with Crippen molar-refractivity contribution in [3.8, 4) is 0 Å². The number of esters is 3. The number of carboxylic acids is 1. The SMILES string of the molecule is CC12CCC(=O)C=C1[C@@H](O)[C@@H](C(=O)O)C1=C2CC[C@@]23C(=O)CC[C@]2(C)CC=C13.CCCOC(=O)C1C2=C(CC[C@@]34C(=O)CC[C@]3(C)CC=C24)C2(C)CCC(=O)C=C2[C@H]1O.CCOC(=O)[C@H]1C2=C(CC[C@@]34C(=O)CC[C@]3(C)CC=C24)C2(C)CCC(=O)C=C2[C@H]1O.COC(=O)[C@H]1C2=C(CC[C@@]34C(=O)CC[C@]3(C)CC=C24)C2(C)CCC(=O)C=C2[C@H]1O. The maximum atomic E-state index is 13.3. The standard InChI is InChI=1S/C26H32O5.C25H30O5.C24H28O5.C23H26O5/c1-4-13-31-23(30)21-20-16(25(3)11-5-15(27)14-18(25)22(21)29)7-12-26-17(20)6-9-24(26,2)10-8-19(26)28;1-4-30-22(29)20-19-15(24(3)11-5-14(26)13-17(24)21(20)28)7-12-25-16(19)6-9-23(25,2)10-8-18(25)27;1-22-8-5-15-18-14(6-11-24(15,22)17(26)7-9-22)23(2)10-4-13(25)12-16(23)20(27)19(18)21(28)29-3;1-21-7-4-14-17-13(5-10-23(14,21)16(25)6-8-21)22(2)9-3-12(24)11-15(22)19(26)18(17)20(27)28/h6,14,21-22,29H,4-5,7-13H2,1-3H3;6,13,20-21,28H,4-5,7-12H2,1-3H3;5,12,19-20,27H,4,6-11H2,1-3H3;4,11,18-19,26H,3,5-10H2,1-2H3,(H,27,28)/t21?,22-,24+,25?,26-;20-,21+,23-,24?,25+;19-,20+,22-,23?,24+;18-,19+,21-,22?,23+/m1000/s1. The second kappa shape index (κ2) is 27.7. The summed E-state index contributed by atoms with van der Waals surface area (Å²) in [5.74, 6) is -5.20. The number of Topliss-reactive ketones (excluding diaryl/α,β-unsaturated/α-hetero) is 4. The molecule has 5 N–H and O–H groups in total. The van der Waals surface area contributed by atoms with Crippen LogP contribution < -0.4 is 0 Å². The van der Waals surface area contributed by atoms with Crippen LogP contribution in [-0.4, -0.2) is 140 Å². The van der Waals surface area contributed by atoms with Gasteiger partial charge in [-0.25, -0.2) is 0 Å². The van der Waals surface area contributed by atoms with Gasteiger partial charge in [0.25, 0.3) is 0 Å². The third-order valence-corrected chi connectivity index (χ3v) is 35.7. The molecule has 4 saturated carbocycles. The fourth-order valence-electron chi connectivity index (χ4n) is 29.1. The van der Waals surface area contributed by atoms with E-state index in [0.717, 1.165) is 151 Å². The van der Waals surface area contributed by atoms with Gasteiger partial charge in [0.2, 0.25) is 0 Å². The number of ether oxygens (including phenoxy) is 3. The molecule has 0 saturated heterocycles. The predicted octanol–water partition coefficient (Wildman–Crippen LogP) is 14.0. The van der Waals surface area contributed by atoms with Crippen LogP contribution in [0, 0.1) is 88.7 Å². The van der Waals surface area contributed by atoms with Gasteiger partial charge in [-0.2, -0.15) is 0 Å². The molecule has 4 fully saturated rings. The van der Waals surface area contributed by atoms with E-state index in [1.165, 1.54) is 13.2 Å². The van der Waals surface area contributed by atoms with Gasteiger partial charge in [0.05, 0.1) is 66.4 Å². The Balaban J connectivity index is 0.000000113. The van der Waals surface area contributed by atoms with Crippen molar-refractivity contribution in [2.45, 2.75) is 280 Å². The molecule has 4 spiro atoms. The molecule has 0 heterocycles. The number of methoxy groups -OCH3 is 1. The van der Waals surface area contributed by atoms with Gasteiger partial charge in [-0.15, -0.1) is 0 Å². The molecule has 20 atom stereocenters. The molecular weight excluding hydrogens is 1500 g/mol. The summed E-state index contributed by atoms with van der Waals surface area (Å²) >= 11 is 0. The van der Waals surface area contributed by atoms with Crippen LogP contribution in [0.4, 0.5) is 0 Å². The minimum absolute atomic E-state index is 0.000841. The predicted molar refractivity (Wildman–Crippen MR) is 432 cm³/mol. The lowest BCUT2D eigenvalue weighted by Gasteiger charge is -2.53. The lowest BCUT2D eigenvalue weighted by Crippen LogP contribution is -2.51. The largest absolute Gasteiger partial charge is 0.481 e. The van der Waals surface area contributed by atoms with Crippen LogP contribution in [0.2, 0.25) is 0 Å². The van der Waals surface area contributed by atoms with Crippen LogP contribution >= 0.6 is 0 Å². The normalized spacial score (nSPS) is 42.7. The van der Waals surface area contributed by atoms with Crippen molar-refractivity contribution in [1.82, 2.24) is 0 Å². The molecule has 0 amide bonds. The second-order valence-electron chi connectivity index (χ2n) is 40.5. The van der Waals surface area contributed by atoms with Gasteiger partial charge in [0.1, 0.15) is 46.8 Å². The maximum Gasteiger partial charge on any atom is 0.316 e. The zero-order valence-electron chi connectivity index (χ0n) is 70.5. The smallest absolute Gasteiger partial charge is 0.316 e. The third-order valence-electron chi connectivity index (χ3n) is 35.7. The van der Waals surface area contributed by atoms with E-state index in [9.17, 15) is 83.1 Å². The van der Waals surface area contributed by atoms with Gasteiger partial charge < -0.3 is 39.7 Å². The Morgan fingerprint density at radius 3 is 0.856 bits per heavy atom. The molecule has 0 aromatic carbocycles. The Kier molecular flexibility index (Phi) is 19.3. The molecular formula is C98H116O20. The molecule has 0 radical (unpaired) electrons. The minimum Gasteiger partial charge on any atom is -0.481 e. The number of hydrogen-bond acceptors (Lipinski definition) is 19. The van der Waals surface area contributed by atoms with E-state index in [1.54, 1.807) is 25.2 Å². The number of allylic oxidation sites excluding steroid dienone is 16. The van der Waals surface area contributed by atoms with Crippen LogP contribution in [0.5, 0.6) is 0 Å². The number of rotatable bonds is 7. The van der Waals surface area contributed by atoms with E-state index in [0.29, 0.717) is 131 Å². The Bertz CT molecular complexity index is 5080. The quantitative estimate of drug-likeness (QED) is 0.117. The zero-order chi connectivity index (χ0) is 84.5. The fraction of sp³-hybridized carbons (Fsp3) is 0.633. The summed E-state index contributed by atoms with van der Waals surface area (Å²) in [6.07, 6.45) is 29.9. The van der Waals surface area contributed by atoms with Crippen LogP contribution in [0.3, 0.4) is 0 Å². The van der Waals surface area contributed by atoms with Crippen molar-refractivity contribution in [3.63, 3.8) is 0 Å². The van der Waals surface area contributed by atoms with E-state index in [4.69, 9.17) is 14.2 Å². The minimum atomic E-state index is -1.23. The lowest BCUT2D eigenvalue weighted by molar-refractivity contribution is -0.151. The molecule has 0 aromatic heterocycles. The van der Waals surface area contributed by atoms with E-state index < -0.39 is 115 Å². The zero-order valence-corrected chi connectivity index (χ0v) is 70.5. The number of carbonyl (C=O) groups is 12. The van der Waals surface area contributed by atoms with Gasteiger partial charge in [-0.3, -0.25) is 57.5 Å². The van der Waals surface area contributed by atoms with Crippen molar-refractivity contribution in [3.05, 3.63) is 138 Å². The number of carbonyl (C=O) groups excluding carboxylic acids is 11. The Hall–Kier alpha value is -8.04. The molecule has 118 heavy (non-hydrogen) atoms. The Labute approximate surface area is 690 Å². The molecule has 628 valence electrons. The van der Waals surface area contributed by atoms with E-state index in [2.05, 4.69) is 72.8 Å². The first-order valence-electron chi connectivity index (χ1n) is 44.0. The number of aliphatic hydroxyl groups excluding tert-OH is 4. The first-order valence-corrected chi connectivity index (χ1v) is 44.0. The van der Waals surface area contributed by atoms with Gasteiger partial charge in [-0.1, -0.05) is 109 Å².